The number of anilines is 1. The average Bonchev–Trinajstić information content (AvgIpc) is 3.57. The predicted molar refractivity (Wildman–Crippen MR) is 108 cm³/mol. The number of aromatic nitrogens is 7. The molecular weight excluding hydrogens is 404 g/mol. The van der Waals surface area contributed by atoms with Crippen molar-refractivity contribution in [2.75, 3.05) is 19.0 Å². The molecule has 1 saturated heterocycles. The van der Waals surface area contributed by atoms with Gasteiger partial charge in [0.2, 0.25) is 0 Å². The van der Waals surface area contributed by atoms with Crippen LogP contribution < -0.4 is 5.32 Å². The minimum Gasteiger partial charge on any atom is -0.394 e. The molecule has 2 fully saturated rings. The average molecular weight is 430 g/mol. The van der Waals surface area contributed by atoms with E-state index in [0.29, 0.717) is 28.8 Å². The van der Waals surface area contributed by atoms with Crippen LogP contribution in [0.4, 0.5) is 5.82 Å². The van der Waals surface area contributed by atoms with E-state index in [0.717, 1.165) is 12.1 Å². The van der Waals surface area contributed by atoms with Crippen molar-refractivity contribution in [1.82, 2.24) is 34.5 Å². The van der Waals surface area contributed by atoms with Gasteiger partial charge in [0.15, 0.2) is 23.2 Å². The molecular formula is C19H26N8O4. The van der Waals surface area contributed by atoms with Gasteiger partial charge in [-0.1, -0.05) is 30.9 Å². The summed E-state index contributed by atoms with van der Waals surface area (Å²) in [5.41, 5.74) is 1.78. The second-order valence-electron chi connectivity index (χ2n) is 8.18. The number of rotatable bonds is 6. The summed E-state index contributed by atoms with van der Waals surface area (Å²) in [5, 5.41) is 41.4. The summed E-state index contributed by atoms with van der Waals surface area (Å²) in [6.07, 6.45) is 4.90. The van der Waals surface area contributed by atoms with Crippen molar-refractivity contribution in [3.8, 4) is 5.95 Å². The Morgan fingerprint density at radius 3 is 2.71 bits per heavy atom. The highest BCUT2D eigenvalue weighted by Crippen LogP contribution is 2.32. The molecule has 1 saturated carbocycles. The molecule has 31 heavy (non-hydrogen) atoms. The number of aliphatic hydroxyl groups excluding tert-OH is 3. The van der Waals surface area contributed by atoms with Crippen molar-refractivity contribution in [1.29, 1.82) is 0 Å². The molecule has 0 amide bonds. The topological polar surface area (TPSA) is 156 Å². The number of fused-ring (bicyclic) bond motifs is 1. The first-order chi connectivity index (χ1) is 15.1. The first kappa shape index (κ1) is 20.2. The van der Waals surface area contributed by atoms with E-state index < -0.39 is 31.1 Å². The van der Waals surface area contributed by atoms with Crippen LogP contribution in [0.15, 0.2) is 12.5 Å². The summed E-state index contributed by atoms with van der Waals surface area (Å²) >= 11 is 0. The van der Waals surface area contributed by atoms with Gasteiger partial charge in [-0.25, -0.2) is 4.98 Å². The summed E-state index contributed by atoms with van der Waals surface area (Å²) < 4.78 is 8.70. The maximum absolute atomic E-state index is 10.4. The number of imidazole rings is 1. The maximum atomic E-state index is 10.4. The van der Waals surface area contributed by atoms with Gasteiger partial charge in [0, 0.05) is 7.05 Å². The molecule has 1 aliphatic heterocycles. The number of nitrogens with one attached hydrogen (secondary N) is 1. The fraction of sp³-hybridized carbons (Fsp3) is 0.632. The van der Waals surface area contributed by atoms with Gasteiger partial charge in [-0.05, 0) is 12.3 Å². The second kappa shape index (κ2) is 8.11. The number of aliphatic hydroxyl groups is 3. The van der Waals surface area contributed by atoms with Crippen LogP contribution in [0.5, 0.6) is 0 Å². The zero-order chi connectivity index (χ0) is 21.5. The van der Waals surface area contributed by atoms with Crippen LogP contribution in [-0.2, 0) is 11.2 Å². The zero-order valence-electron chi connectivity index (χ0n) is 17.2. The molecule has 0 aromatic carbocycles. The van der Waals surface area contributed by atoms with E-state index in [-0.39, 0.29) is 0 Å². The lowest BCUT2D eigenvalue weighted by molar-refractivity contribution is -0.0511. The first-order valence-electron chi connectivity index (χ1n) is 10.6. The second-order valence-corrected chi connectivity index (χ2v) is 8.18. The van der Waals surface area contributed by atoms with E-state index in [1.54, 1.807) is 7.05 Å². The Kier molecular flexibility index (Phi) is 5.30. The molecule has 12 nitrogen and oxygen atoms in total. The molecule has 2 aliphatic rings. The normalized spacial score (nSPS) is 26.8. The third-order valence-corrected chi connectivity index (χ3v) is 6.16. The van der Waals surface area contributed by atoms with Gasteiger partial charge in [0.05, 0.1) is 24.8 Å². The maximum Gasteiger partial charge on any atom is 0.256 e. The fourth-order valence-corrected chi connectivity index (χ4v) is 4.48. The Morgan fingerprint density at radius 1 is 1.19 bits per heavy atom. The monoisotopic (exact) mass is 430 g/mol. The molecule has 5 rings (SSSR count). The molecule has 4 unspecified atom stereocenters. The van der Waals surface area contributed by atoms with Crippen LogP contribution >= 0.6 is 0 Å². The van der Waals surface area contributed by atoms with Crippen molar-refractivity contribution >= 4 is 17.0 Å². The lowest BCUT2D eigenvalue weighted by atomic mass is 10.0. The predicted octanol–water partition coefficient (Wildman–Crippen LogP) is -0.207. The largest absolute Gasteiger partial charge is 0.394 e. The molecule has 12 heteroatoms. The fourth-order valence-electron chi connectivity index (χ4n) is 4.48. The Morgan fingerprint density at radius 2 is 2.00 bits per heavy atom. The van der Waals surface area contributed by atoms with E-state index in [2.05, 4.69) is 30.6 Å². The summed E-state index contributed by atoms with van der Waals surface area (Å²) in [4.78, 5) is 13.4. The highest BCUT2D eigenvalue weighted by atomic mass is 16.6. The molecule has 3 aromatic rings. The van der Waals surface area contributed by atoms with E-state index in [1.165, 1.54) is 41.3 Å². The number of ether oxygens (including phenoxy) is 1. The molecule has 4 atom stereocenters. The van der Waals surface area contributed by atoms with Crippen LogP contribution in [0.25, 0.3) is 17.1 Å². The number of hydrogen-bond donors (Lipinski definition) is 4. The quantitative estimate of drug-likeness (QED) is 0.413. The minimum absolute atomic E-state index is 0.301. The smallest absolute Gasteiger partial charge is 0.256 e. The molecule has 0 bridgehead atoms. The van der Waals surface area contributed by atoms with Crippen molar-refractivity contribution in [2.24, 2.45) is 5.92 Å². The molecule has 0 radical (unpaired) electrons. The SMILES string of the molecule is CNc1nc(-n2cc(CC3CCCC3)nn2)nc2c1ncn2C1OC(CO)C(O)C1O. The van der Waals surface area contributed by atoms with Crippen molar-refractivity contribution in [3.63, 3.8) is 0 Å². The van der Waals surface area contributed by atoms with Gasteiger partial charge >= 0.3 is 0 Å². The van der Waals surface area contributed by atoms with E-state index >= 15 is 0 Å². The van der Waals surface area contributed by atoms with Crippen molar-refractivity contribution in [2.45, 2.75) is 56.6 Å². The lowest BCUT2D eigenvalue weighted by Crippen LogP contribution is -2.33. The van der Waals surface area contributed by atoms with E-state index in [1.807, 2.05) is 6.20 Å². The molecule has 166 valence electrons. The van der Waals surface area contributed by atoms with Crippen LogP contribution in [0.2, 0.25) is 0 Å². The third kappa shape index (κ3) is 3.55. The molecule has 3 aromatic heterocycles. The van der Waals surface area contributed by atoms with Gasteiger partial charge in [0.25, 0.3) is 5.95 Å². The summed E-state index contributed by atoms with van der Waals surface area (Å²) in [5.74, 6) is 1.43. The summed E-state index contributed by atoms with van der Waals surface area (Å²) in [6.45, 7) is -0.411. The van der Waals surface area contributed by atoms with Crippen LogP contribution in [0, 0.1) is 5.92 Å². The van der Waals surface area contributed by atoms with E-state index in [9.17, 15) is 15.3 Å². The van der Waals surface area contributed by atoms with Crippen molar-refractivity contribution < 1.29 is 20.1 Å². The third-order valence-electron chi connectivity index (χ3n) is 6.16. The first-order valence-corrected chi connectivity index (χ1v) is 10.6. The standard InChI is InChI=1S/C19H26N8O4/c1-20-16-13-17(26(9-21-13)18-15(30)14(29)12(8-28)31-18)23-19(22-16)27-7-11(24-25-27)6-10-4-2-3-5-10/h7,9-10,12,14-15,18,28-30H,2-6,8H2,1H3,(H,20,22,23). The Bertz CT molecular complexity index is 1060. The molecule has 4 heterocycles. The summed E-state index contributed by atoms with van der Waals surface area (Å²) in [7, 11) is 1.73. The van der Waals surface area contributed by atoms with Crippen LogP contribution in [0.1, 0.15) is 37.6 Å². The van der Waals surface area contributed by atoms with Crippen LogP contribution in [0.3, 0.4) is 0 Å². The molecule has 0 spiro atoms. The van der Waals surface area contributed by atoms with Gasteiger partial charge in [-0.15, -0.1) is 5.10 Å². The van der Waals surface area contributed by atoms with E-state index in [4.69, 9.17) is 4.74 Å². The lowest BCUT2D eigenvalue weighted by Gasteiger charge is -2.16. The Labute approximate surface area is 177 Å². The molecule has 1 aliphatic carbocycles. The van der Waals surface area contributed by atoms with Gasteiger partial charge in [-0.2, -0.15) is 14.6 Å². The zero-order valence-corrected chi connectivity index (χ0v) is 17.2. The molecule has 4 N–H and O–H groups in total. The van der Waals surface area contributed by atoms with Gasteiger partial charge in [0.1, 0.15) is 18.3 Å². The van der Waals surface area contributed by atoms with Gasteiger partial charge < -0.3 is 25.4 Å². The Hall–Kier alpha value is -2.67. The highest BCUT2D eigenvalue weighted by molar-refractivity contribution is 5.83. The summed E-state index contributed by atoms with van der Waals surface area (Å²) in [6, 6.07) is 0. The highest BCUT2D eigenvalue weighted by Gasteiger charge is 2.44. The number of hydrogen-bond acceptors (Lipinski definition) is 10. The van der Waals surface area contributed by atoms with Crippen LogP contribution in [-0.4, -0.2) is 81.8 Å². The van der Waals surface area contributed by atoms with Gasteiger partial charge in [-0.3, -0.25) is 4.57 Å². The number of nitrogens with zero attached hydrogens (tertiary/aromatic N) is 7. The Balaban J connectivity index is 1.50. The van der Waals surface area contributed by atoms with Crippen molar-refractivity contribution in [3.05, 3.63) is 18.2 Å². The minimum atomic E-state index is -1.24.